The minimum absolute atomic E-state index is 0.0646. The number of fused-ring (bicyclic) bond motifs is 1. The molecule has 32 heavy (non-hydrogen) atoms. The van der Waals surface area contributed by atoms with E-state index in [0.717, 1.165) is 28.5 Å². The molecule has 8 heteroatoms. The zero-order valence-corrected chi connectivity index (χ0v) is 17.8. The van der Waals surface area contributed by atoms with E-state index in [1.807, 2.05) is 77.0 Å². The summed E-state index contributed by atoms with van der Waals surface area (Å²) in [4.78, 5) is 28.5. The second-order valence-corrected chi connectivity index (χ2v) is 7.74. The molecule has 1 aliphatic rings. The van der Waals surface area contributed by atoms with Gasteiger partial charge in [-0.2, -0.15) is 0 Å². The lowest BCUT2D eigenvalue weighted by atomic mass is 10.1. The van der Waals surface area contributed by atoms with Crippen LogP contribution in [0.3, 0.4) is 0 Å². The van der Waals surface area contributed by atoms with Crippen LogP contribution >= 0.6 is 0 Å². The first-order chi connectivity index (χ1) is 15.7. The van der Waals surface area contributed by atoms with E-state index in [-0.39, 0.29) is 12.0 Å². The Morgan fingerprint density at radius 3 is 2.84 bits per heavy atom. The third-order valence-corrected chi connectivity index (χ3v) is 5.59. The van der Waals surface area contributed by atoms with Gasteiger partial charge >= 0.3 is 0 Å². The number of amides is 1. The first kappa shape index (κ1) is 20.1. The van der Waals surface area contributed by atoms with Crippen molar-refractivity contribution in [2.45, 2.75) is 19.4 Å². The van der Waals surface area contributed by atoms with Gasteiger partial charge in [0.05, 0.1) is 36.7 Å². The van der Waals surface area contributed by atoms with Gasteiger partial charge in [-0.15, -0.1) is 0 Å². The Labute approximate surface area is 185 Å². The van der Waals surface area contributed by atoms with Gasteiger partial charge in [-0.3, -0.25) is 4.79 Å². The lowest BCUT2D eigenvalue weighted by Gasteiger charge is -2.33. The van der Waals surface area contributed by atoms with Crippen molar-refractivity contribution in [3.8, 4) is 0 Å². The van der Waals surface area contributed by atoms with E-state index in [9.17, 15) is 4.79 Å². The SMILES string of the molecule is Cc1nc2ccccn2c1CC(=O)N1CCOC(c2cccc(Nc3ccccn3)n2)C1. The fourth-order valence-corrected chi connectivity index (χ4v) is 3.96. The van der Waals surface area contributed by atoms with Gasteiger partial charge in [-0.05, 0) is 43.3 Å². The molecule has 1 unspecified atom stereocenters. The van der Waals surface area contributed by atoms with Crippen LogP contribution in [0.2, 0.25) is 0 Å². The van der Waals surface area contributed by atoms with Gasteiger partial charge in [0.1, 0.15) is 23.4 Å². The topological polar surface area (TPSA) is 84.7 Å². The van der Waals surface area contributed by atoms with Crippen molar-refractivity contribution in [3.05, 3.63) is 84.1 Å². The molecule has 4 aromatic rings. The van der Waals surface area contributed by atoms with E-state index < -0.39 is 0 Å². The minimum Gasteiger partial charge on any atom is -0.368 e. The molecule has 1 fully saturated rings. The standard InChI is InChI=1S/C24H24N6O2/c1-17-19(30-12-5-3-10-23(30)26-17)15-24(31)29-13-14-32-20(16-29)18-7-6-9-22(27-18)28-21-8-2-4-11-25-21/h2-12,20H,13-16H2,1H3,(H,25,27,28). The number of carbonyl (C=O) groups excluding carboxylic acids is 1. The Kier molecular flexibility index (Phi) is 5.51. The fraction of sp³-hybridized carbons (Fsp3) is 0.250. The molecule has 5 rings (SSSR count). The number of aromatic nitrogens is 4. The van der Waals surface area contributed by atoms with Gasteiger partial charge in [0.15, 0.2) is 0 Å². The molecule has 162 valence electrons. The zero-order valence-electron chi connectivity index (χ0n) is 17.8. The van der Waals surface area contributed by atoms with Crippen LogP contribution in [-0.4, -0.2) is 49.9 Å². The molecule has 0 saturated carbocycles. The van der Waals surface area contributed by atoms with E-state index in [2.05, 4.69) is 20.3 Å². The molecule has 5 heterocycles. The Hall–Kier alpha value is -3.78. The monoisotopic (exact) mass is 428 g/mol. The first-order valence-corrected chi connectivity index (χ1v) is 10.6. The third kappa shape index (κ3) is 4.17. The molecule has 1 atom stereocenters. The minimum atomic E-state index is -0.276. The van der Waals surface area contributed by atoms with Crippen molar-refractivity contribution in [2.24, 2.45) is 0 Å². The molecule has 1 amide bonds. The second kappa shape index (κ2) is 8.76. The molecule has 1 aliphatic heterocycles. The van der Waals surface area contributed by atoms with Gasteiger partial charge in [0.2, 0.25) is 5.91 Å². The first-order valence-electron chi connectivity index (χ1n) is 10.6. The Morgan fingerprint density at radius 1 is 1.09 bits per heavy atom. The van der Waals surface area contributed by atoms with Crippen molar-refractivity contribution in [2.75, 3.05) is 25.0 Å². The largest absolute Gasteiger partial charge is 0.368 e. The predicted molar refractivity (Wildman–Crippen MR) is 121 cm³/mol. The van der Waals surface area contributed by atoms with E-state index >= 15 is 0 Å². The fourth-order valence-electron chi connectivity index (χ4n) is 3.96. The summed E-state index contributed by atoms with van der Waals surface area (Å²) >= 11 is 0. The summed E-state index contributed by atoms with van der Waals surface area (Å²) in [6.45, 7) is 3.45. The summed E-state index contributed by atoms with van der Waals surface area (Å²) < 4.78 is 7.95. The van der Waals surface area contributed by atoms with Gasteiger partial charge in [0, 0.05) is 18.9 Å². The molecule has 0 bridgehead atoms. The van der Waals surface area contributed by atoms with E-state index in [1.54, 1.807) is 6.20 Å². The summed E-state index contributed by atoms with van der Waals surface area (Å²) in [5.74, 6) is 1.48. The highest BCUT2D eigenvalue weighted by Crippen LogP contribution is 2.24. The smallest absolute Gasteiger partial charge is 0.228 e. The highest BCUT2D eigenvalue weighted by molar-refractivity contribution is 5.79. The van der Waals surface area contributed by atoms with Crippen LogP contribution in [0.5, 0.6) is 0 Å². The number of nitrogens with zero attached hydrogens (tertiary/aromatic N) is 5. The molecule has 4 aromatic heterocycles. The number of ether oxygens (including phenoxy) is 1. The highest BCUT2D eigenvalue weighted by atomic mass is 16.5. The Balaban J connectivity index is 1.29. The average molecular weight is 428 g/mol. The molecule has 0 aromatic carbocycles. The van der Waals surface area contributed by atoms with Crippen LogP contribution in [0.1, 0.15) is 23.2 Å². The number of imidazole rings is 1. The predicted octanol–water partition coefficient (Wildman–Crippen LogP) is 3.32. The van der Waals surface area contributed by atoms with E-state index in [1.165, 1.54) is 0 Å². The number of hydrogen-bond donors (Lipinski definition) is 1. The number of nitrogens with one attached hydrogen (secondary N) is 1. The van der Waals surface area contributed by atoms with Crippen LogP contribution in [0, 0.1) is 6.92 Å². The van der Waals surface area contributed by atoms with Crippen LogP contribution in [0.15, 0.2) is 67.0 Å². The normalized spacial score (nSPS) is 16.3. The average Bonchev–Trinajstić information content (AvgIpc) is 3.15. The number of morpholine rings is 1. The summed E-state index contributed by atoms with van der Waals surface area (Å²) in [7, 11) is 0. The maximum atomic E-state index is 13.1. The highest BCUT2D eigenvalue weighted by Gasteiger charge is 2.27. The van der Waals surface area contributed by atoms with Crippen LogP contribution in [0.25, 0.3) is 5.65 Å². The molecule has 0 aliphatic carbocycles. The van der Waals surface area contributed by atoms with Crippen molar-refractivity contribution in [1.29, 1.82) is 0 Å². The number of hydrogen-bond acceptors (Lipinski definition) is 6. The van der Waals surface area contributed by atoms with Crippen LogP contribution in [-0.2, 0) is 16.0 Å². The van der Waals surface area contributed by atoms with Crippen molar-refractivity contribution in [3.63, 3.8) is 0 Å². The second-order valence-electron chi connectivity index (χ2n) is 7.74. The van der Waals surface area contributed by atoms with Gasteiger partial charge in [0.25, 0.3) is 0 Å². The molecule has 1 saturated heterocycles. The van der Waals surface area contributed by atoms with Crippen LogP contribution in [0.4, 0.5) is 11.6 Å². The van der Waals surface area contributed by atoms with Crippen LogP contribution < -0.4 is 5.32 Å². The lowest BCUT2D eigenvalue weighted by Crippen LogP contribution is -2.43. The maximum absolute atomic E-state index is 13.1. The maximum Gasteiger partial charge on any atom is 0.228 e. The van der Waals surface area contributed by atoms with Crippen molar-refractivity contribution < 1.29 is 9.53 Å². The Morgan fingerprint density at radius 2 is 1.97 bits per heavy atom. The lowest BCUT2D eigenvalue weighted by molar-refractivity contribution is -0.138. The third-order valence-electron chi connectivity index (χ3n) is 5.59. The van der Waals surface area contributed by atoms with Crippen molar-refractivity contribution >= 4 is 23.2 Å². The number of pyridine rings is 3. The van der Waals surface area contributed by atoms with Gasteiger partial charge in [-0.1, -0.05) is 18.2 Å². The molecule has 0 radical (unpaired) electrons. The quantitative estimate of drug-likeness (QED) is 0.525. The molecule has 1 N–H and O–H groups in total. The molecular weight excluding hydrogens is 404 g/mol. The molecule has 8 nitrogen and oxygen atoms in total. The van der Waals surface area contributed by atoms with Crippen molar-refractivity contribution in [1.82, 2.24) is 24.3 Å². The van der Waals surface area contributed by atoms with E-state index in [4.69, 9.17) is 4.74 Å². The number of rotatable bonds is 5. The molecule has 0 spiro atoms. The zero-order chi connectivity index (χ0) is 21.9. The molecular formula is C24H24N6O2. The van der Waals surface area contributed by atoms with Gasteiger partial charge < -0.3 is 19.4 Å². The number of carbonyl (C=O) groups is 1. The summed E-state index contributed by atoms with van der Waals surface area (Å²) in [6.07, 6.45) is 3.70. The van der Waals surface area contributed by atoms with Gasteiger partial charge in [-0.25, -0.2) is 15.0 Å². The number of aryl methyl sites for hydroxylation is 1. The Bertz CT molecular complexity index is 1240. The summed E-state index contributed by atoms with van der Waals surface area (Å²) in [5.41, 5.74) is 3.45. The summed E-state index contributed by atoms with van der Waals surface area (Å²) in [5, 5.41) is 3.20. The summed E-state index contributed by atoms with van der Waals surface area (Å²) in [6, 6.07) is 17.3. The number of anilines is 2. The van der Waals surface area contributed by atoms with E-state index in [0.29, 0.717) is 31.9 Å².